The SMILES string of the molecule is Cc1cc([N+](=O)[O-])ccc1N=Nc1c(N)ccc2c(O)cc(S(=O)(=O)O)cc12. The largest absolute Gasteiger partial charge is 0.507 e. The molecule has 0 aliphatic carbocycles. The summed E-state index contributed by atoms with van der Waals surface area (Å²) < 4.78 is 32.1. The summed E-state index contributed by atoms with van der Waals surface area (Å²) in [7, 11) is -4.57. The van der Waals surface area contributed by atoms with E-state index in [2.05, 4.69) is 10.2 Å². The molecule has 0 unspecified atom stereocenters. The molecule has 0 radical (unpaired) electrons. The standard InChI is InChI=1S/C17H14N4O6S/c1-9-6-10(21(23)24)2-5-15(9)19-20-17-13-7-11(28(25,26)27)8-16(22)12(13)3-4-14(17)18/h2-8,22H,18H2,1H3,(H,25,26,27). The van der Waals surface area contributed by atoms with Crippen molar-refractivity contribution >= 4 is 43.6 Å². The maximum absolute atomic E-state index is 11.4. The minimum absolute atomic E-state index is 0.0797. The number of nitro benzene ring substituents is 1. The quantitative estimate of drug-likeness (QED) is 0.195. The van der Waals surface area contributed by atoms with Crippen LogP contribution >= 0.6 is 0 Å². The molecule has 0 saturated carbocycles. The molecule has 0 bridgehead atoms. The van der Waals surface area contributed by atoms with Gasteiger partial charge in [0.15, 0.2) is 0 Å². The molecule has 3 aromatic carbocycles. The van der Waals surface area contributed by atoms with Crippen LogP contribution in [0.25, 0.3) is 10.8 Å². The number of benzene rings is 3. The summed E-state index contributed by atoms with van der Waals surface area (Å²) in [5.74, 6) is -0.381. The van der Waals surface area contributed by atoms with E-state index in [1.807, 2.05) is 0 Å². The molecule has 144 valence electrons. The summed E-state index contributed by atoms with van der Waals surface area (Å²) in [4.78, 5) is 9.77. The molecule has 11 heteroatoms. The summed E-state index contributed by atoms with van der Waals surface area (Å²) in [6, 6.07) is 9.00. The second-order valence-electron chi connectivity index (χ2n) is 5.94. The van der Waals surface area contributed by atoms with Crippen LogP contribution in [0.5, 0.6) is 5.75 Å². The van der Waals surface area contributed by atoms with Gasteiger partial charge >= 0.3 is 0 Å². The summed E-state index contributed by atoms with van der Waals surface area (Å²) in [6.45, 7) is 1.62. The van der Waals surface area contributed by atoms with Crippen LogP contribution in [0, 0.1) is 17.0 Å². The molecule has 0 amide bonds. The van der Waals surface area contributed by atoms with Crippen LogP contribution in [-0.4, -0.2) is 23.0 Å². The van der Waals surface area contributed by atoms with Crippen molar-refractivity contribution in [2.45, 2.75) is 11.8 Å². The smallest absolute Gasteiger partial charge is 0.294 e. The molecule has 0 aliphatic heterocycles. The topological polar surface area (TPSA) is 168 Å². The lowest BCUT2D eigenvalue weighted by molar-refractivity contribution is -0.384. The highest BCUT2D eigenvalue weighted by molar-refractivity contribution is 7.85. The molecule has 3 rings (SSSR count). The van der Waals surface area contributed by atoms with Crippen LogP contribution in [0.15, 0.2) is 57.6 Å². The fourth-order valence-corrected chi connectivity index (χ4v) is 3.15. The fraction of sp³-hybridized carbons (Fsp3) is 0.0588. The van der Waals surface area contributed by atoms with Gasteiger partial charge < -0.3 is 10.8 Å². The molecule has 0 saturated heterocycles. The van der Waals surface area contributed by atoms with Gasteiger partial charge in [0.2, 0.25) is 0 Å². The van der Waals surface area contributed by atoms with Crippen LogP contribution < -0.4 is 5.73 Å². The third-order valence-electron chi connectivity index (χ3n) is 4.04. The second kappa shape index (κ2) is 6.87. The Kier molecular flexibility index (Phi) is 4.71. The number of phenolic OH excluding ortho intramolecular Hbond substituents is 1. The number of nitro groups is 1. The average molecular weight is 402 g/mol. The first kappa shape index (κ1) is 19.2. The van der Waals surface area contributed by atoms with E-state index in [0.29, 0.717) is 11.3 Å². The van der Waals surface area contributed by atoms with Gasteiger partial charge in [-0.3, -0.25) is 14.7 Å². The van der Waals surface area contributed by atoms with E-state index >= 15 is 0 Å². The van der Waals surface area contributed by atoms with Gasteiger partial charge in [0.25, 0.3) is 15.8 Å². The Morgan fingerprint density at radius 1 is 1.07 bits per heavy atom. The van der Waals surface area contributed by atoms with Crippen LogP contribution in [0.3, 0.4) is 0 Å². The molecule has 10 nitrogen and oxygen atoms in total. The Hall–Kier alpha value is -3.57. The Morgan fingerprint density at radius 3 is 2.39 bits per heavy atom. The summed E-state index contributed by atoms with van der Waals surface area (Å²) in [6.07, 6.45) is 0. The number of fused-ring (bicyclic) bond motifs is 1. The van der Waals surface area contributed by atoms with Gasteiger partial charge in [-0.25, -0.2) is 0 Å². The van der Waals surface area contributed by atoms with E-state index < -0.39 is 19.9 Å². The van der Waals surface area contributed by atoms with E-state index in [1.165, 1.54) is 30.3 Å². The minimum atomic E-state index is -4.57. The van der Waals surface area contributed by atoms with E-state index in [4.69, 9.17) is 5.73 Å². The number of phenols is 1. The zero-order valence-corrected chi connectivity index (χ0v) is 15.2. The van der Waals surface area contributed by atoms with Crippen molar-refractivity contribution in [3.05, 3.63) is 58.1 Å². The molecule has 4 N–H and O–H groups in total. The van der Waals surface area contributed by atoms with Crippen molar-refractivity contribution in [2.24, 2.45) is 10.2 Å². The van der Waals surface area contributed by atoms with Crippen LogP contribution in [0.1, 0.15) is 5.56 Å². The van der Waals surface area contributed by atoms with Crippen LogP contribution in [-0.2, 0) is 10.1 Å². The highest BCUT2D eigenvalue weighted by atomic mass is 32.2. The first-order chi connectivity index (χ1) is 13.1. The molecule has 0 heterocycles. The number of nitrogen functional groups attached to an aromatic ring is 1. The van der Waals surface area contributed by atoms with E-state index in [9.17, 15) is 28.2 Å². The molecular formula is C17H14N4O6S. The van der Waals surface area contributed by atoms with Gasteiger partial charge in [-0.2, -0.15) is 13.5 Å². The van der Waals surface area contributed by atoms with Crippen molar-refractivity contribution in [1.82, 2.24) is 0 Å². The Bertz CT molecular complexity index is 1250. The Labute approximate surface area is 158 Å². The number of aromatic hydroxyl groups is 1. The molecule has 0 spiro atoms. The molecular weight excluding hydrogens is 388 g/mol. The number of hydrogen-bond donors (Lipinski definition) is 3. The lowest BCUT2D eigenvalue weighted by Gasteiger charge is -2.09. The Balaban J connectivity index is 2.17. The average Bonchev–Trinajstić information content (AvgIpc) is 2.60. The van der Waals surface area contributed by atoms with Gasteiger partial charge in [0.1, 0.15) is 11.4 Å². The van der Waals surface area contributed by atoms with Gasteiger partial charge in [-0.15, -0.1) is 5.11 Å². The monoisotopic (exact) mass is 402 g/mol. The predicted molar refractivity (Wildman–Crippen MR) is 102 cm³/mol. The molecule has 3 aromatic rings. The summed E-state index contributed by atoms with van der Waals surface area (Å²) >= 11 is 0. The molecule has 0 atom stereocenters. The van der Waals surface area contributed by atoms with Gasteiger partial charge in [-0.1, -0.05) is 0 Å². The number of nitrogens with zero attached hydrogens (tertiary/aromatic N) is 3. The third kappa shape index (κ3) is 3.61. The third-order valence-corrected chi connectivity index (χ3v) is 4.87. The zero-order valence-electron chi connectivity index (χ0n) is 14.4. The second-order valence-corrected chi connectivity index (χ2v) is 7.37. The van der Waals surface area contributed by atoms with Crippen molar-refractivity contribution in [1.29, 1.82) is 0 Å². The summed E-state index contributed by atoms with van der Waals surface area (Å²) in [5, 5.41) is 29.4. The molecule has 28 heavy (non-hydrogen) atoms. The fourth-order valence-electron chi connectivity index (χ4n) is 2.62. The highest BCUT2D eigenvalue weighted by Gasteiger charge is 2.16. The maximum Gasteiger partial charge on any atom is 0.294 e. The molecule has 0 aliphatic rings. The normalized spacial score (nSPS) is 11.9. The zero-order chi connectivity index (χ0) is 20.6. The van der Waals surface area contributed by atoms with Gasteiger partial charge in [-0.05, 0) is 36.8 Å². The van der Waals surface area contributed by atoms with Crippen LogP contribution in [0.4, 0.5) is 22.7 Å². The number of aryl methyl sites for hydroxylation is 1. The summed E-state index contributed by atoms with van der Waals surface area (Å²) in [5.41, 5.74) is 6.91. The van der Waals surface area contributed by atoms with Crippen molar-refractivity contribution in [3.63, 3.8) is 0 Å². The van der Waals surface area contributed by atoms with Gasteiger partial charge in [0, 0.05) is 29.0 Å². The first-order valence-electron chi connectivity index (χ1n) is 7.77. The molecule has 0 aromatic heterocycles. The van der Waals surface area contributed by atoms with E-state index in [1.54, 1.807) is 6.92 Å². The highest BCUT2D eigenvalue weighted by Crippen LogP contribution is 2.39. The number of rotatable bonds is 4. The van der Waals surface area contributed by atoms with E-state index in [0.717, 1.165) is 12.1 Å². The van der Waals surface area contributed by atoms with Crippen molar-refractivity contribution < 1.29 is 23.0 Å². The minimum Gasteiger partial charge on any atom is -0.507 e. The van der Waals surface area contributed by atoms with Crippen molar-refractivity contribution in [3.8, 4) is 5.75 Å². The maximum atomic E-state index is 11.4. The lowest BCUT2D eigenvalue weighted by atomic mass is 10.1. The van der Waals surface area contributed by atoms with Gasteiger partial charge in [0.05, 0.1) is 21.2 Å². The number of anilines is 1. The number of azo groups is 1. The predicted octanol–water partition coefficient (Wildman–Crippen LogP) is 4.01. The van der Waals surface area contributed by atoms with E-state index in [-0.39, 0.29) is 33.6 Å². The number of hydrogen-bond acceptors (Lipinski definition) is 8. The number of nitrogens with two attached hydrogens (primary N) is 1. The first-order valence-corrected chi connectivity index (χ1v) is 9.21. The lowest BCUT2D eigenvalue weighted by Crippen LogP contribution is -1.98. The molecule has 0 fully saturated rings. The Morgan fingerprint density at radius 2 is 1.79 bits per heavy atom. The van der Waals surface area contributed by atoms with Crippen molar-refractivity contribution in [2.75, 3.05) is 5.73 Å². The number of non-ortho nitro benzene ring substituents is 1. The van der Waals surface area contributed by atoms with Crippen LogP contribution in [0.2, 0.25) is 0 Å².